The summed E-state index contributed by atoms with van der Waals surface area (Å²) >= 11 is 0. The number of nitrogens with zero attached hydrogens (tertiary/aromatic N) is 5. The summed E-state index contributed by atoms with van der Waals surface area (Å²) in [6, 6.07) is -0.173. The minimum atomic E-state index is -2.61. The molecule has 138 valence electrons. The van der Waals surface area contributed by atoms with Crippen molar-refractivity contribution in [2.24, 2.45) is 0 Å². The van der Waals surface area contributed by atoms with Gasteiger partial charge in [0.15, 0.2) is 5.65 Å². The van der Waals surface area contributed by atoms with Crippen molar-refractivity contribution in [1.29, 1.82) is 0 Å². The molecule has 1 saturated carbocycles. The molecule has 3 aromatic heterocycles. The lowest BCUT2D eigenvalue weighted by Gasteiger charge is -2.28. The first kappa shape index (κ1) is 16.8. The molecule has 0 unspecified atom stereocenters. The number of aromatic nitrogens is 6. The third-order valence-corrected chi connectivity index (χ3v) is 4.69. The highest BCUT2D eigenvalue weighted by atomic mass is 19.3. The minimum absolute atomic E-state index is 0.173. The van der Waals surface area contributed by atoms with Crippen molar-refractivity contribution in [3.05, 3.63) is 34.2 Å². The number of rotatable bonds is 4. The van der Waals surface area contributed by atoms with Gasteiger partial charge in [-0.25, -0.2) is 18.4 Å². The second-order valence-electron chi connectivity index (χ2n) is 6.64. The summed E-state index contributed by atoms with van der Waals surface area (Å²) in [5.74, 6) is -1.20. The number of hydrogen-bond acceptors (Lipinski definition) is 6. The number of aromatic amines is 1. The first-order chi connectivity index (χ1) is 12.4. The topological polar surface area (TPSA) is 102 Å². The molecule has 0 amide bonds. The fraction of sp³-hybridized carbons (Fsp3) is 0.562. The molecule has 1 aliphatic rings. The van der Waals surface area contributed by atoms with E-state index in [-0.39, 0.29) is 24.4 Å². The first-order valence-corrected chi connectivity index (χ1v) is 8.54. The lowest BCUT2D eigenvalue weighted by atomic mass is 9.92. The summed E-state index contributed by atoms with van der Waals surface area (Å²) in [6.45, 7) is 1.70. The van der Waals surface area contributed by atoms with E-state index in [4.69, 9.17) is 4.42 Å². The van der Waals surface area contributed by atoms with E-state index < -0.39 is 5.92 Å². The van der Waals surface area contributed by atoms with Crippen LogP contribution in [0.4, 0.5) is 8.78 Å². The molecule has 0 radical (unpaired) electrons. The van der Waals surface area contributed by atoms with Crippen molar-refractivity contribution >= 4 is 11.0 Å². The van der Waals surface area contributed by atoms with Crippen molar-refractivity contribution < 1.29 is 13.2 Å². The predicted molar refractivity (Wildman–Crippen MR) is 87.0 cm³/mol. The summed E-state index contributed by atoms with van der Waals surface area (Å²) in [6.07, 6.45) is 2.58. The number of aryl methyl sites for hydroxylation is 3. The van der Waals surface area contributed by atoms with E-state index in [2.05, 4.69) is 25.3 Å². The van der Waals surface area contributed by atoms with Gasteiger partial charge in [0.2, 0.25) is 17.7 Å². The van der Waals surface area contributed by atoms with Crippen LogP contribution in [0.15, 0.2) is 15.4 Å². The van der Waals surface area contributed by atoms with Crippen LogP contribution in [0.1, 0.15) is 49.3 Å². The van der Waals surface area contributed by atoms with Crippen LogP contribution in [-0.4, -0.2) is 35.9 Å². The first-order valence-electron chi connectivity index (χ1n) is 8.54. The summed E-state index contributed by atoms with van der Waals surface area (Å²) in [4.78, 5) is 19.5. The second kappa shape index (κ2) is 6.26. The molecule has 0 bridgehead atoms. The smallest absolute Gasteiger partial charge is 0.262 e. The second-order valence-corrected chi connectivity index (χ2v) is 6.64. The van der Waals surface area contributed by atoms with E-state index in [1.165, 1.54) is 6.20 Å². The Hall–Kier alpha value is -2.65. The Bertz CT molecular complexity index is 982. The molecule has 0 aromatic carbocycles. The number of H-pyrrole nitrogens is 1. The molecule has 1 aliphatic carbocycles. The van der Waals surface area contributed by atoms with Gasteiger partial charge in [-0.15, -0.1) is 10.2 Å². The molecular weight excluding hydrogens is 346 g/mol. The van der Waals surface area contributed by atoms with E-state index in [0.717, 1.165) is 0 Å². The SMILES string of the molecule is Cc1nnc(CCc2nc3c(cnn3C3CCC(F)(F)CC3)c(=O)[nH]2)o1. The zero-order valence-corrected chi connectivity index (χ0v) is 14.2. The Balaban J connectivity index is 1.60. The molecule has 10 heteroatoms. The van der Waals surface area contributed by atoms with E-state index in [1.807, 2.05) is 0 Å². The van der Waals surface area contributed by atoms with Crippen LogP contribution in [0.2, 0.25) is 0 Å². The number of fused-ring (bicyclic) bond motifs is 1. The summed E-state index contributed by atoms with van der Waals surface area (Å²) in [7, 11) is 0. The lowest BCUT2D eigenvalue weighted by molar-refractivity contribution is -0.0446. The summed E-state index contributed by atoms with van der Waals surface area (Å²) in [5.41, 5.74) is 0.139. The van der Waals surface area contributed by atoms with Gasteiger partial charge in [-0.1, -0.05) is 0 Å². The van der Waals surface area contributed by atoms with Crippen LogP contribution in [0.25, 0.3) is 11.0 Å². The molecule has 1 fully saturated rings. The molecule has 26 heavy (non-hydrogen) atoms. The molecule has 0 spiro atoms. The number of hydrogen-bond donors (Lipinski definition) is 1. The van der Waals surface area contributed by atoms with Crippen molar-refractivity contribution in [1.82, 2.24) is 29.9 Å². The Kier molecular flexibility index (Phi) is 4.04. The van der Waals surface area contributed by atoms with Gasteiger partial charge >= 0.3 is 0 Å². The van der Waals surface area contributed by atoms with E-state index in [1.54, 1.807) is 11.6 Å². The molecule has 8 nitrogen and oxygen atoms in total. The number of halogens is 2. The molecular formula is C16H18F2N6O2. The van der Waals surface area contributed by atoms with Crippen LogP contribution in [-0.2, 0) is 12.8 Å². The number of alkyl halides is 2. The van der Waals surface area contributed by atoms with Gasteiger partial charge < -0.3 is 9.40 Å². The van der Waals surface area contributed by atoms with Gasteiger partial charge in [-0.05, 0) is 12.8 Å². The lowest BCUT2D eigenvalue weighted by Crippen LogP contribution is -2.27. The molecule has 0 saturated heterocycles. The normalized spacial score (nSPS) is 17.8. The third kappa shape index (κ3) is 3.23. The molecule has 4 rings (SSSR count). The van der Waals surface area contributed by atoms with E-state index >= 15 is 0 Å². The van der Waals surface area contributed by atoms with Crippen LogP contribution < -0.4 is 5.56 Å². The Labute approximate surface area is 146 Å². The standard InChI is InChI=1S/C16H18F2N6O2/c1-9-22-23-13(26-9)3-2-12-20-14-11(15(25)21-12)8-19-24(14)10-4-6-16(17,18)7-5-10/h8,10H,2-7H2,1H3,(H,20,21,25). The predicted octanol–water partition coefficient (Wildman–Crippen LogP) is 2.35. The fourth-order valence-electron chi connectivity index (χ4n) is 3.30. The van der Waals surface area contributed by atoms with Gasteiger partial charge in [0.25, 0.3) is 5.56 Å². The minimum Gasteiger partial charge on any atom is -0.426 e. The maximum absolute atomic E-state index is 13.4. The van der Waals surface area contributed by atoms with Gasteiger partial charge in [0.1, 0.15) is 11.2 Å². The van der Waals surface area contributed by atoms with Crippen LogP contribution in [0.5, 0.6) is 0 Å². The van der Waals surface area contributed by atoms with Crippen molar-refractivity contribution in [3.63, 3.8) is 0 Å². The molecule has 0 atom stereocenters. The largest absolute Gasteiger partial charge is 0.426 e. The molecule has 1 N–H and O–H groups in total. The Morgan fingerprint density at radius 2 is 2.08 bits per heavy atom. The van der Waals surface area contributed by atoms with Gasteiger partial charge in [-0.2, -0.15) is 5.10 Å². The zero-order valence-electron chi connectivity index (χ0n) is 14.2. The highest BCUT2D eigenvalue weighted by Gasteiger charge is 2.36. The molecule has 3 aromatic rings. The highest BCUT2D eigenvalue weighted by Crippen LogP contribution is 2.38. The van der Waals surface area contributed by atoms with Crippen LogP contribution in [0.3, 0.4) is 0 Å². The average molecular weight is 364 g/mol. The van der Waals surface area contributed by atoms with Crippen molar-refractivity contribution in [2.45, 2.75) is 57.4 Å². The van der Waals surface area contributed by atoms with Crippen LogP contribution in [0, 0.1) is 6.92 Å². The zero-order chi connectivity index (χ0) is 18.3. The third-order valence-electron chi connectivity index (χ3n) is 4.69. The van der Waals surface area contributed by atoms with Crippen molar-refractivity contribution in [2.75, 3.05) is 0 Å². The van der Waals surface area contributed by atoms with E-state index in [9.17, 15) is 13.6 Å². The maximum atomic E-state index is 13.4. The van der Waals surface area contributed by atoms with Gasteiger partial charge in [0.05, 0.1) is 12.2 Å². The maximum Gasteiger partial charge on any atom is 0.262 e. The Morgan fingerprint density at radius 3 is 2.77 bits per heavy atom. The van der Waals surface area contributed by atoms with E-state index in [0.29, 0.717) is 54.3 Å². The molecule has 3 heterocycles. The monoisotopic (exact) mass is 364 g/mol. The van der Waals surface area contributed by atoms with Gasteiger partial charge in [-0.3, -0.25) is 4.79 Å². The summed E-state index contributed by atoms with van der Waals surface area (Å²) in [5, 5.41) is 12.3. The molecule has 0 aliphatic heterocycles. The fourth-order valence-corrected chi connectivity index (χ4v) is 3.30. The van der Waals surface area contributed by atoms with Gasteiger partial charge in [0, 0.05) is 32.6 Å². The average Bonchev–Trinajstić information content (AvgIpc) is 3.20. The number of nitrogens with one attached hydrogen (secondary N) is 1. The van der Waals surface area contributed by atoms with Crippen LogP contribution >= 0.6 is 0 Å². The Morgan fingerprint density at radius 1 is 1.31 bits per heavy atom. The highest BCUT2D eigenvalue weighted by molar-refractivity contribution is 5.73. The quantitative estimate of drug-likeness (QED) is 0.762. The summed E-state index contributed by atoms with van der Waals surface area (Å²) < 4.78 is 33.7. The van der Waals surface area contributed by atoms with Crippen molar-refractivity contribution in [3.8, 4) is 0 Å².